The molecule has 0 aliphatic heterocycles. The van der Waals surface area contributed by atoms with Crippen LogP contribution in [0.2, 0.25) is 0 Å². The summed E-state index contributed by atoms with van der Waals surface area (Å²) < 4.78 is 0. The van der Waals surface area contributed by atoms with E-state index in [0.29, 0.717) is 11.7 Å². The number of hydrogen-bond acceptors (Lipinski definition) is 5. The average Bonchev–Trinajstić information content (AvgIpc) is 2.74. The fraction of sp³-hybridized carbons (Fsp3) is 0.636. The van der Waals surface area contributed by atoms with Crippen LogP contribution in [-0.4, -0.2) is 35.9 Å². The molecule has 0 saturated heterocycles. The molecule has 1 aromatic heterocycles. The molecular weight excluding hydrogens is 240 g/mol. The fourth-order valence-electron chi connectivity index (χ4n) is 1.26. The highest BCUT2D eigenvalue weighted by molar-refractivity contribution is 7.98. The van der Waals surface area contributed by atoms with E-state index < -0.39 is 0 Å². The first-order valence-corrected chi connectivity index (χ1v) is 7.51. The van der Waals surface area contributed by atoms with E-state index in [9.17, 15) is 4.79 Å². The third-order valence-corrected chi connectivity index (χ3v) is 4.13. The number of Topliss-reactive ketones (excluding diaryl/α,β-unsaturated/α-hetero) is 1. The van der Waals surface area contributed by atoms with Gasteiger partial charge in [-0.05, 0) is 25.4 Å². The molecule has 0 radical (unpaired) electrons. The Morgan fingerprint density at radius 3 is 2.88 bits per heavy atom. The summed E-state index contributed by atoms with van der Waals surface area (Å²) in [6, 6.07) is 0.457. The molecule has 0 aliphatic carbocycles. The lowest BCUT2D eigenvalue weighted by atomic mass is 10.2. The van der Waals surface area contributed by atoms with Crippen LogP contribution < -0.4 is 4.90 Å². The Kier molecular flexibility index (Phi) is 5.28. The maximum absolute atomic E-state index is 11.1. The molecule has 16 heavy (non-hydrogen) atoms. The van der Waals surface area contributed by atoms with Crippen molar-refractivity contribution in [3.63, 3.8) is 0 Å². The number of ketones is 1. The Balaban J connectivity index is 2.64. The van der Waals surface area contributed by atoms with Crippen LogP contribution >= 0.6 is 23.1 Å². The highest BCUT2D eigenvalue weighted by Crippen LogP contribution is 2.22. The van der Waals surface area contributed by atoms with E-state index in [4.69, 9.17) is 0 Å². The average molecular weight is 258 g/mol. The maximum Gasteiger partial charge on any atom is 0.185 e. The number of anilines is 1. The molecule has 3 nitrogen and oxygen atoms in total. The van der Waals surface area contributed by atoms with Gasteiger partial charge in [-0.25, -0.2) is 4.98 Å². The SMILES string of the molecule is CSCCC(C)N(C)c1nc(C(C)=O)cs1. The first kappa shape index (κ1) is 13.5. The normalized spacial score (nSPS) is 12.5. The molecule has 0 amide bonds. The van der Waals surface area contributed by atoms with Gasteiger partial charge < -0.3 is 4.90 Å². The van der Waals surface area contributed by atoms with Crippen molar-refractivity contribution in [3.8, 4) is 0 Å². The second-order valence-electron chi connectivity index (χ2n) is 3.81. The first-order valence-electron chi connectivity index (χ1n) is 5.24. The van der Waals surface area contributed by atoms with Crippen molar-refractivity contribution in [1.82, 2.24) is 4.98 Å². The Morgan fingerprint density at radius 1 is 1.69 bits per heavy atom. The van der Waals surface area contributed by atoms with Gasteiger partial charge in [-0.2, -0.15) is 11.8 Å². The molecule has 0 saturated carbocycles. The van der Waals surface area contributed by atoms with Gasteiger partial charge in [0.15, 0.2) is 10.9 Å². The lowest BCUT2D eigenvalue weighted by Crippen LogP contribution is -2.29. The summed E-state index contributed by atoms with van der Waals surface area (Å²) in [5, 5.41) is 2.76. The van der Waals surface area contributed by atoms with Crippen LogP contribution in [0.5, 0.6) is 0 Å². The van der Waals surface area contributed by atoms with Gasteiger partial charge in [0.05, 0.1) is 0 Å². The molecule has 90 valence electrons. The van der Waals surface area contributed by atoms with E-state index in [-0.39, 0.29) is 5.78 Å². The third-order valence-electron chi connectivity index (χ3n) is 2.56. The standard InChI is InChI=1S/C11H18N2OS2/c1-8(5-6-15-4)13(3)11-12-10(7-16-11)9(2)14/h7-8H,5-6H2,1-4H3. The van der Waals surface area contributed by atoms with Crippen LogP contribution in [0.3, 0.4) is 0 Å². The van der Waals surface area contributed by atoms with Crippen molar-refractivity contribution in [3.05, 3.63) is 11.1 Å². The highest BCUT2D eigenvalue weighted by Gasteiger charge is 2.14. The smallest absolute Gasteiger partial charge is 0.185 e. The number of carbonyl (C=O) groups excluding carboxylic acids is 1. The summed E-state index contributed by atoms with van der Waals surface area (Å²) in [6.45, 7) is 3.74. The molecule has 1 rings (SSSR count). The Labute approximate surface area is 105 Å². The number of hydrogen-bond donors (Lipinski definition) is 0. The summed E-state index contributed by atoms with van der Waals surface area (Å²) in [7, 11) is 2.04. The monoisotopic (exact) mass is 258 g/mol. The molecule has 0 spiro atoms. The molecule has 0 bridgehead atoms. The van der Waals surface area contributed by atoms with Gasteiger partial charge in [-0.3, -0.25) is 4.79 Å². The maximum atomic E-state index is 11.1. The minimum absolute atomic E-state index is 0.0349. The van der Waals surface area contributed by atoms with Gasteiger partial charge in [0, 0.05) is 25.4 Å². The molecule has 0 N–H and O–H groups in total. The quantitative estimate of drug-likeness (QED) is 0.735. The van der Waals surface area contributed by atoms with E-state index in [1.165, 1.54) is 11.3 Å². The Bertz CT molecular complexity index is 352. The fourth-order valence-corrected chi connectivity index (χ4v) is 2.77. The lowest BCUT2D eigenvalue weighted by molar-refractivity contribution is 0.101. The number of rotatable bonds is 6. The Hall–Kier alpha value is -0.550. The number of aromatic nitrogens is 1. The molecule has 1 atom stereocenters. The Morgan fingerprint density at radius 2 is 2.38 bits per heavy atom. The minimum Gasteiger partial charge on any atom is -0.348 e. The van der Waals surface area contributed by atoms with E-state index in [2.05, 4.69) is 23.1 Å². The van der Waals surface area contributed by atoms with Gasteiger partial charge in [0.2, 0.25) is 0 Å². The van der Waals surface area contributed by atoms with Crippen LogP contribution in [-0.2, 0) is 0 Å². The molecule has 0 fully saturated rings. The molecule has 0 aliphatic rings. The minimum atomic E-state index is 0.0349. The molecule has 1 aromatic rings. The van der Waals surface area contributed by atoms with Gasteiger partial charge in [-0.15, -0.1) is 11.3 Å². The molecular formula is C11H18N2OS2. The van der Waals surface area contributed by atoms with Crippen molar-refractivity contribution in [1.29, 1.82) is 0 Å². The summed E-state index contributed by atoms with van der Waals surface area (Å²) in [5.74, 6) is 1.18. The van der Waals surface area contributed by atoms with Crippen molar-refractivity contribution in [2.75, 3.05) is 24.0 Å². The second kappa shape index (κ2) is 6.25. The number of thiazole rings is 1. The number of thioether (sulfide) groups is 1. The van der Waals surface area contributed by atoms with E-state index in [1.807, 2.05) is 24.2 Å². The first-order chi connectivity index (χ1) is 7.56. The molecule has 1 heterocycles. The predicted octanol–water partition coefficient (Wildman–Crippen LogP) is 2.92. The highest BCUT2D eigenvalue weighted by atomic mass is 32.2. The van der Waals surface area contributed by atoms with Gasteiger partial charge in [0.25, 0.3) is 0 Å². The molecule has 0 aromatic carbocycles. The van der Waals surface area contributed by atoms with Crippen LogP contribution in [0.4, 0.5) is 5.13 Å². The third kappa shape index (κ3) is 3.49. The predicted molar refractivity (Wildman–Crippen MR) is 73.0 cm³/mol. The van der Waals surface area contributed by atoms with Crippen molar-refractivity contribution < 1.29 is 4.79 Å². The van der Waals surface area contributed by atoms with Gasteiger partial charge >= 0.3 is 0 Å². The topological polar surface area (TPSA) is 33.2 Å². The van der Waals surface area contributed by atoms with Crippen molar-refractivity contribution in [2.24, 2.45) is 0 Å². The van der Waals surface area contributed by atoms with Crippen LogP contribution in [0.25, 0.3) is 0 Å². The van der Waals surface area contributed by atoms with Gasteiger partial charge in [0.1, 0.15) is 5.69 Å². The number of nitrogens with zero attached hydrogens (tertiary/aromatic N) is 2. The summed E-state index contributed by atoms with van der Waals surface area (Å²) >= 11 is 3.39. The largest absolute Gasteiger partial charge is 0.348 e. The van der Waals surface area contributed by atoms with Crippen molar-refractivity contribution >= 4 is 34.0 Å². The zero-order chi connectivity index (χ0) is 12.1. The summed E-state index contributed by atoms with van der Waals surface area (Å²) in [5.41, 5.74) is 0.573. The number of carbonyl (C=O) groups is 1. The zero-order valence-corrected chi connectivity index (χ0v) is 11.8. The zero-order valence-electron chi connectivity index (χ0n) is 10.2. The van der Waals surface area contributed by atoms with Crippen LogP contribution in [0, 0.1) is 0 Å². The van der Waals surface area contributed by atoms with E-state index in [1.54, 1.807) is 6.92 Å². The van der Waals surface area contributed by atoms with Crippen LogP contribution in [0.15, 0.2) is 5.38 Å². The second-order valence-corrected chi connectivity index (χ2v) is 5.64. The molecule has 5 heteroatoms. The van der Waals surface area contributed by atoms with E-state index >= 15 is 0 Å². The van der Waals surface area contributed by atoms with E-state index in [0.717, 1.165) is 17.3 Å². The van der Waals surface area contributed by atoms with Crippen LogP contribution in [0.1, 0.15) is 30.8 Å². The molecule has 1 unspecified atom stereocenters. The summed E-state index contributed by atoms with van der Waals surface area (Å²) in [4.78, 5) is 17.6. The summed E-state index contributed by atoms with van der Waals surface area (Å²) in [6.07, 6.45) is 3.25. The van der Waals surface area contributed by atoms with Crippen molar-refractivity contribution in [2.45, 2.75) is 26.3 Å². The van der Waals surface area contributed by atoms with Gasteiger partial charge in [-0.1, -0.05) is 0 Å². The lowest BCUT2D eigenvalue weighted by Gasteiger charge is -2.23.